The van der Waals surface area contributed by atoms with E-state index in [0.717, 1.165) is 5.69 Å². The fraction of sp³-hybridized carbons (Fsp3) is 0.417. The lowest BCUT2D eigenvalue weighted by Gasteiger charge is -2.24. The molecule has 78 valence electrons. The summed E-state index contributed by atoms with van der Waals surface area (Å²) in [7, 11) is 1.95. The molecule has 2 aromatic heterocycles. The molecule has 2 aromatic rings. The Hall–Kier alpha value is -1.51. The molecule has 1 fully saturated rings. The summed E-state index contributed by atoms with van der Waals surface area (Å²) in [4.78, 5) is 4.55. The van der Waals surface area contributed by atoms with E-state index in [9.17, 15) is 0 Å². The lowest BCUT2D eigenvalue weighted by molar-refractivity contribution is 0.400. The zero-order valence-electron chi connectivity index (χ0n) is 8.90. The van der Waals surface area contributed by atoms with E-state index in [0.29, 0.717) is 5.92 Å². The summed E-state index contributed by atoms with van der Waals surface area (Å²) in [6.07, 6.45) is 8.02. The minimum Gasteiger partial charge on any atom is -0.386 e. The number of imidazole rings is 1. The van der Waals surface area contributed by atoms with Gasteiger partial charge in [-0.15, -0.1) is 0 Å². The van der Waals surface area contributed by atoms with Crippen LogP contribution in [0.25, 0.3) is 5.52 Å². The second-order valence-corrected chi connectivity index (χ2v) is 4.17. The number of rotatable bonds is 2. The Morgan fingerprint density at radius 1 is 1.47 bits per heavy atom. The minimum absolute atomic E-state index is 0.680. The van der Waals surface area contributed by atoms with Gasteiger partial charge in [-0.3, -0.25) is 0 Å². The molecule has 3 rings (SSSR count). The van der Waals surface area contributed by atoms with E-state index in [1.807, 2.05) is 13.2 Å². The molecule has 0 aromatic carbocycles. The molecule has 3 heteroatoms. The zero-order valence-corrected chi connectivity index (χ0v) is 8.90. The van der Waals surface area contributed by atoms with Gasteiger partial charge in [-0.1, -0.05) is 6.42 Å². The topological polar surface area (TPSA) is 29.3 Å². The lowest BCUT2D eigenvalue weighted by Crippen LogP contribution is -2.12. The highest BCUT2D eigenvalue weighted by molar-refractivity contribution is 5.71. The molecular weight excluding hydrogens is 186 g/mol. The molecule has 0 aliphatic heterocycles. The molecule has 0 amide bonds. The first kappa shape index (κ1) is 8.77. The van der Waals surface area contributed by atoms with Crippen LogP contribution in [0.15, 0.2) is 24.5 Å². The smallest absolute Gasteiger partial charge is 0.116 e. The second-order valence-electron chi connectivity index (χ2n) is 4.17. The van der Waals surface area contributed by atoms with Crippen molar-refractivity contribution in [1.82, 2.24) is 9.38 Å². The standard InChI is InChI=1S/C12H15N3/c1-13-10-6-3-7-15-11(10)8-14-12(15)9-4-2-5-9/h3,6-9,13H,2,4-5H2,1H3. The molecule has 1 aliphatic carbocycles. The fourth-order valence-corrected chi connectivity index (χ4v) is 2.22. The van der Waals surface area contributed by atoms with Gasteiger partial charge >= 0.3 is 0 Å². The number of aromatic nitrogens is 2. The van der Waals surface area contributed by atoms with Crippen molar-refractivity contribution in [3.63, 3.8) is 0 Å². The number of fused-ring (bicyclic) bond motifs is 1. The molecule has 0 bridgehead atoms. The normalized spacial score (nSPS) is 16.6. The van der Waals surface area contributed by atoms with Gasteiger partial charge in [-0.25, -0.2) is 4.98 Å². The molecule has 1 aliphatic rings. The van der Waals surface area contributed by atoms with Crippen molar-refractivity contribution in [1.29, 1.82) is 0 Å². The predicted molar refractivity (Wildman–Crippen MR) is 61.3 cm³/mol. The fourth-order valence-electron chi connectivity index (χ4n) is 2.22. The summed E-state index contributed by atoms with van der Waals surface area (Å²) in [5.41, 5.74) is 2.33. The van der Waals surface area contributed by atoms with Crippen LogP contribution in [0.2, 0.25) is 0 Å². The van der Waals surface area contributed by atoms with E-state index in [-0.39, 0.29) is 0 Å². The van der Waals surface area contributed by atoms with Crippen molar-refractivity contribution < 1.29 is 0 Å². The van der Waals surface area contributed by atoms with Crippen molar-refractivity contribution in [2.24, 2.45) is 0 Å². The highest BCUT2D eigenvalue weighted by Crippen LogP contribution is 2.36. The summed E-state index contributed by atoms with van der Waals surface area (Å²) >= 11 is 0. The Kier molecular flexibility index (Phi) is 1.91. The van der Waals surface area contributed by atoms with Crippen molar-refractivity contribution in [2.45, 2.75) is 25.2 Å². The van der Waals surface area contributed by atoms with E-state index < -0.39 is 0 Å². The average Bonchev–Trinajstić information content (AvgIpc) is 2.59. The van der Waals surface area contributed by atoms with Gasteiger partial charge in [0.2, 0.25) is 0 Å². The molecule has 0 spiro atoms. The van der Waals surface area contributed by atoms with Crippen LogP contribution in [-0.2, 0) is 0 Å². The zero-order chi connectivity index (χ0) is 10.3. The van der Waals surface area contributed by atoms with Crippen LogP contribution < -0.4 is 5.32 Å². The van der Waals surface area contributed by atoms with Gasteiger partial charge < -0.3 is 9.72 Å². The van der Waals surface area contributed by atoms with Crippen LogP contribution >= 0.6 is 0 Å². The van der Waals surface area contributed by atoms with E-state index in [4.69, 9.17) is 0 Å². The molecule has 0 saturated heterocycles. The van der Waals surface area contributed by atoms with Gasteiger partial charge in [0.25, 0.3) is 0 Å². The number of anilines is 1. The van der Waals surface area contributed by atoms with Crippen LogP contribution in [0, 0.1) is 0 Å². The maximum atomic E-state index is 4.55. The van der Waals surface area contributed by atoms with Crippen LogP contribution in [0.1, 0.15) is 31.0 Å². The maximum absolute atomic E-state index is 4.55. The Balaban J connectivity index is 2.16. The third-order valence-corrected chi connectivity index (χ3v) is 3.34. The summed E-state index contributed by atoms with van der Waals surface area (Å²) in [6, 6.07) is 4.16. The van der Waals surface area contributed by atoms with E-state index in [1.54, 1.807) is 0 Å². The van der Waals surface area contributed by atoms with Gasteiger partial charge in [-0.05, 0) is 25.0 Å². The van der Waals surface area contributed by atoms with Gasteiger partial charge in [-0.2, -0.15) is 0 Å². The monoisotopic (exact) mass is 201 g/mol. The summed E-state index contributed by atoms with van der Waals surface area (Å²) in [5, 5.41) is 3.20. The predicted octanol–water partition coefficient (Wildman–Crippen LogP) is 2.64. The molecule has 1 saturated carbocycles. The summed E-state index contributed by atoms with van der Waals surface area (Å²) < 4.78 is 2.22. The SMILES string of the molecule is CNc1cccn2c(C3CCC3)ncc12. The summed E-state index contributed by atoms with van der Waals surface area (Å²) in [5.74, 6) is 1.91. The minimum atomic E-state index is 0.680. The van der Waals surface area contributed by atoms with E-state index in [2.05, 4.69) is 33.0 Å². The van der Waals surface area contributed by atoms with Gasteiger partial charge in [0, 0.05) is 19.2 Å². The molecule has 0 radical (unpaired) electrons. The van der Waals surface area contributed by atoms with Crippen molar-refractivity contribution in [3.8, 4) is 0 Å². The van der Waals surface area contributed by atoms with E-state index >= 15 is 0 Å². The number of pyridine rings is 1. The van der Waals surface area contributed by atoms with Crippen LogP contribution in [0.5, 0.6) is 0 Å². The van der Waals surface area contributed by atoms with Crippen LogP contribution in [-0.4, -0.2) is 16.4 Å². The number of hydrogen-bond donors (Lipinski definition) is 1. The summed E-state index contributed by atoms with van der Waals surface area (Å²) in [6.45, 7) is 0. The molecule has 3 nitrogen and oxygen atoms in total. The van der Waals surface area contributed by atoms with Crippen molar-refractivity contribution in [3.05, 3.63) is 30.4 Å². The third-order valence-electron chi connectivity index (χ3n) is 3.34. The Labute approximate surface area is 89.1 Å². The van der Waals surface area contributed by atoms with Gasteiger partial charge in [0.05, 0.1) is 17.4 Å². The maximum Gasteiger partial charge on any atom is 0.116 e. The first-order valence-electron chi connectivity index (χ1n) is 5.54. The molecule has 1 N–H and O–H groups in total. The Bertz CT molecular complexity index is 483. The molecular formula is C12H15N3. The Morgan fingerprint density at radius 2 is 2.33 bits per heavy atom. The molecule has 15 heavy (non-hydrogen) atoms. The quantitative estimate of drug-likeness (QED) is 0.809. The van der Waals surface area contributed by atoms with Crippen molar-refractivity contribution >= 4 is 11.2 Å². The highest BCUT2D eigenvalue weighted by Gasteiger charge is 2.23. The van der Waals surface area contributed by atoms with Gasteiger partial charge in [0.1, 0.15) is 5.82 Å². The van der Waals surface area contributed by atoms with E-state index in [1.165, 1.54) is 30.6 Å². The third kappa shape index (κ3) is 1.23. The van der Waals surface area contributed by atoms with Crippen LogP contribution in [0.4, 0.5) is 5.69 Å². The first-order chi connectivity index (χ1) is 7.40. The Morgan fingerprint density at radius 3 is 3.00 bits per heavy atom. The van der Waals surface area contributed by atoms with Crippen molar-refractivity contribution in [2.75, 3.05) is 12.4 Å². The number of hydrogen-bond acceptors (Lipinski definition) is 2. The lowest BCUT2D eigenvalue weighted by atomic mass is 9.85. The number of nitrogens with one attached hydrogen (secondary N) is 1. The molecule has 0 unspecified atom stereocenters. The second kappa shape index (κ2) is 3.26. The van der Waals surface area contributed by atoms with Crippen LogP contribution in [0.3, 0.4) is 0 Å². The number of nitrogens with zero attached hydrogens (tertiary/aromatic N) is 2. The first-order valence-corrected chi connectivity index (χ1v) is 5.54. The molecule has 0 atom stereocenters. The largest absolute Gasteiger partial charge is 0.386 e. The average molecular weight is 201 g/mol. The highest BCUT2D eigenvalue weighted by atomic mass is 15.0. The van der Waals surface area contributed by atoms with Gasteiger partial charge in [0.15, 0.2) is 0 Å². The molecule has 2 heterocycles.